The van der Waals surface area contributed by atoms with Crippen molar-refractivity contribution in [2.45, 2.75) is 44.6 Å². The van der Waals surface area contributed by atoms with Crippen molar-refractivity contribution in [3.8, 4) is 5.88 Å². The Balaban J connectivity index is 1.86. The van der Waals surface area contributed by atoms with E-state index >= 15 is 0 Å². The summed E-state index contributed by atoms with van der Waals surface area (Å²) in [6.07, 6.45) is -1.43. The van der Waals surface area contributed by atoms with Crippen molar-refractivity contribution in [1.82, 2.24) is 4.98 Å². The van der Waals surface area contributed by atoms with Crippen LogP contribution < -0.4 is 4.74 Å². The van der Waals surface area contributed by atoms with Gasteiger partial charge in [-0.3, -0.25) is 0 Å². The van der Waals surface area contributed by atoms with Gasteiger partial charge in [-0.05, 0) is 47.7 Å². The Bertz CT molecular complexity index is 474. The lowest BCUT2D eigenvalue weighted by Gasteiger charge is -2.29. The van der Waals surface area contributed by atoms with Crippen LogP contribution >= 0.6 is 15.9 Å². The second kappa shape index (κ2) is 6.96. The maximum atomic E-state index is 12.6. The molecule has 0 bridgehead atoms. The van der Waals surface area contributed by atoms with Crippen LogP contribution in [0.25, 0.3) is 0 Å². The van der Waals surface area contributed by atoms with E-state index < -0.39 is 12.1 Å². The number of rotatable bonds is 4. The molecule has 2 rings (SSSR count). The van der Waals surface area contributed by atoms with Crippen LogP contribution in [0.3, 0.4) is 0 Å². The molecule has 1 heterocycles. The minimum absolute atomic E-state index is 0.132. The zero-order valence-corrected chi connectivity index (χ0v) is 13.2. The van der Waals surface area contributed by atoms with E-state index in [9.17, 15) is 13.2 Å². The fraction of sp³-hybridized carbons (Fsp3) is 0.643. The zero-order chi connectivity index (χ0) is 15.5. The second-order valence-corrected chi connectivity index (χ2v) is 6.06. The molecule has 0 spiro atoms. The molecule has 3 nitrogen and oxygen atoms in total. The first kappa shape index (κ1) is 16.5. The predicted molar refractivity (Wildman–Crippen MR) is 75.1 cm³/mol. The number of ether oxygens (including phenoxy) is 2. The summed E-state index contributed by atoms with van der Waals surface area (Å²) in [5.74, 6) is -0.707. The van der Waals surface area contributed by atoms with Gasteiger partial charge in [0.05, 0.1) is 25.7 Å². The maximum Gasteiger partial charge on any atom is 0.391 e. The molecule has 118 valence electrons. The van der Waals surface area contributed by atoms with Crippen LogP contribution in [0, 0.1) is 5.92 Å². The molecule has 0 N–H and O–H groups in total. The van der Waals surface area contributed by atoms with Gasteiger partial charge in [0.15, 0.2) is 0 Å². The summed E-state index contributed by atoms with van der Waals surface area (Å²) in [5.41, 5.74) is 0.782. The van der Waals surface area contributed by atoms with Gasteiger partial charge >= 0.3 is 6.18 Å². The van der Waals surface area contributed by atoms with Gasteiger partial charge in [-0.2, -0.15) is 13.2 Å². The molecule has 1 aromatic heterocycles. The summed E-state index contributed by atoms with van der Waals surface area (Å²) in [6.45, 7) is 0.289. The molecule has 21 heavy (non-hydrogen) atoms. The van der Waals surface area contributed by atoms with Crippen molar-refractivity contribution >= 4 is 15.9 Å². The number of methoxy groups -OCH3 is 1. The van der Waals surface area contributed by atoms with Crippen LogP contribution in [0.5, 0.6) is 5.88 Å². The van der Waals surface area contributed by atoms with Gasteiger partial charge in [0, 0.05) is 16.2 Å². The number of alkyl halides is 3. The molecule has 0 unspecified atom stereocenters. The average molecular weight is 368 g/mol. The molecule has 1 aliphatic rings. The molecule has 0 amide bonds. The summed E-state index contributed by atoms with van der Waals surface area (Å²) >= 11 is 3.32. The van der Waals surface area contributed by atoms with E-state index in [1.54, 1.807) is 6.20 Å². The standard InChI is InChI=1S/C14H17BrF3NO2/c1-20-13-9(6-11(15)7-19-13)8-21-12-4-2-10(3-5-12)14(16,17)18/h6-7,10,12H,2-5,8H2,1H3. The lowest BCUT2D eigenvalue weighted by atomic mass is 9.87. The first-order valence-electron chi connectivity index (χ1n) is 6.77. The Morgan fingerprint density at radius 1 is 1.29 bits per heavy atom. The van der Waals surface area contributed by atoms with Crippen LogP contribution in [-0.2, 0) is 11.3 Å². The molecule has 0 radical (unpaired) electrons. The van der Waals surface area contributed by atoms with Crippen LogP contribution in [0.4, 0.5) is 13.2 Å². The van der Waals surface area contributed by atoms with Crippen LogP contribution in [-0.4, -0.2) is 24.4 Å². The summed E-state index contributed by atoms with van der Waals surface area (Å²) in [4.78, 5) is 4.11. The van der Waals surface area contributed by atoms with E-state index in [4.69, 9.17) is 9.47 Å². The molecule has 0 aliphatic heterocycles. The van der Waals surface area contributed by atoms with E-state index in [0.29, 0.717) is 18.7 Å². The summed E-state index contributed by atoms with van der Waals surface area (Å²) in [5, 5.41) is 0. The molecule has 0 aromatic carbocycles. The van der Waals surface area contributed by atoms with Crippen molar-refractivity contribution < 1.29 is 22.6 Å². The van der Waals surface area contributed by atoms with E-state index in [-0.39, 0.29) is 25.6 Å². The van der Waals surface area contributed by atoms with Crippen molar-refractivity contribution in [2.75, 3.05) is 7.11 Å². The maximum absolute atomic E-state index is 12.6. The first-order valence-corrected chi connectivity index (χ1v) is 7.56. The Hall–Kier alpha value is -0.820. The largest absolute Gasteiger partial charge is 0.481 e. The zero-order valence-electron chi connectivity index (χ0n) is 11.6. The molecule has 0 atom stereocenters. The fourth-order valence-corrected chi connectivity index (χ4v) is 2.90. The number of aromatic nitrogens is 1. The normalized spacial score (nSPS) is 23.1. The van der Waals surface area contributed by atoms with E-state index in [1.165, 1.54) is 7.11 Å². The number of hydrogen-bond donors (Lipinski definition) is 0. The van der Waals surface area contributed by atoms with Crippen molar-refractivity contribution in [3.63, 3.8) is 0 Å². The minimum atomic E-state index is -4.08. The molecular weight excluding hydrogens is 351 g/mol. The highest BCUT2D eigenvalue weighted by molar-refractivity contribution is 9.10. The van der Waals surface area contributed by atoms with Crippen LogP contribution in [0.1, 0.15) is 31.2 Å². The SMILES string of the molecule is COc1ncc(Br)cc1COC1CCC(C(F)(F)F)CC1. The average Bonchev–Trinajstić information content (AvgIpc) is 2.45. The lowest BCUT2D eigenvalue weighted by Crippen LogP contribution is -2.30. The molecule has 1 saturated carbocycles. The van der Waals surface area contributed by atoms with Gasteiger partial charge in [-0.15, -0.1) is 0 Å². The second-order valence-electron chi connectivity index (χ2n) is 5.15. The van der Waals surface area contributed by atoms with Gasteiger partial charge in [-0.25, -0.2) is 4.98 Å². The van der Waals surface area contributed by atoms with Gasteiger partial charge < -0.3 is 9.47 Å². The topological polar surface area (TPSA) is 31.4 Å². The predicted octanol–water partition coefficient (Wildman–Crippen LogP) is 4.49. The number of nitrogens with zero attached hydrogens (tertiary/aromatic N) is 1. The van der Waals surface area contributed by atoms with E-state index in [1.807, 2.05) is 6.07 Å². The monoisotopic (exact) mass is 367 g/mol. The Labute approximate surface area is 130 Å². The third-order valence-corrected chi connectivity index (χ3v) is 4.13. The molecule has 1 aliphatic carbocycles. The first-order chi connectivity index (χ1) is 9.90. The quantitative estimate of drug-likeness (QED) is 0.785. The third kappa shape index (κ3) is 4.57. The number of hydrogen-bond acceptors (Lipinski definition) is 3. The Morgan fingerprint density at radius 2 is 1.95 bits per heavy atom. The van der Waals surface area contributed by atoms with Gasteiger partial charge in [0.25, 0.3) is 0 Å². The smallest absolute Gasteiger partial charge is 0.391 e. The Kier molecular flexibility index (Phi) is 5.48. The number of pyridine rings is 1. The molecule has 7 heteroatoms. The minimum Gasteiger partial charge on any atom is -0.481 e. The molecule has 0 saturated heterocycles. The summed E-state index contributed by atoms with van der Waals surface area (Å²) in [7, 11) is 1.52. The molecular formula is C14H17BrF3NO2. The Morgan fingerprint density at radius 3 is 2.52 bits per heavy atom. The van der Waals surface area contributed by atoms with Crippen LogP contribution in [0.15, 0.2) is 16.7 Å². The van der Waals surface area contributed by atoms with E-state index in [2.05, 4.69) is 20.9 Å². The van der Waals surface area contributed by atoms with Crippen LogP contribution in [0.2, 0.25) is 0 Å². The van der Waals surface area contributed by atoms with Crippen molar-refractivity contribution in [1.29, 1.82) is 0 Å². The highest BCUT2D eigenvalue weighted by Gasteiger charge is 2.41. The highest BCUT2D eigenvalue weighted by atomic mass is 79.9. The highest BCUT2D eigenvalue weighted by Crippen LogP contribution is 2.38. The van der Waals surface area contributed by atoms with Gasteiger partial charge in [0.2, 0.25) is 5.88 Å². The van der Waals surface area contributed by atoms with E-state index in [0.717, 1.165) is 10.0 Å². The van der Waals surface area contributed by atoms with Gasteiger partial charge in [-0.1, -0.05) is 0 Å². The lowest BCUT2D eigenvalue weighted by molar-refractivity contribution is -0.188. The van der Waals surface area contributed by atoms with Crippen molar-refractivity contribution in [3.05, 3.63) is 22.3 Å². The molecule has 1 aromatic rings. The summed E-state index contributed by atoms with van der Waals surface area (Å²) in [6, 6.07) is 1.84. The summed E-state index contributed by atoms with van der Waals surface area (Å²) < 4.78 is 49.4. The van der Waals surface area contributed by atoms with Gasteiger partial charge in [0.1, 0.15) is 0 Å². The van der Waals surface area contributed by atoms with Crippen molar-refractivity contribution in [2.24, 2.45) is 5.92 Å². The number of halogens is 4. The fourth-order valence-electron chi connectivity index (χ4n) is 2.52. The molecule has 1 fully saturated rings. The third-order valence-electron chi connectivity index (χ3n) is 3.70.